The molecule has 1 saturated heterocycles. The van der Waals surface area contributed by atoms with E-state index in [9.17, 15) is 18.8 Å². The molecular formula is C22H22BrFN2O5. The molecule has 2 aromatic carbocycles. The average Bonchev–Trinajstić information content (AvgIpc) is 2.77. The van der Waals surface area contributed by atoms with Crippen molar-refractivity contribution in [2.45, 2.75) is 6.92 Å². The molecule has 0 unspecified atom stereocenters. The van der Waals surface area contributed by atoms with Crippen molar-refractivity contribution < 1.29 is 28.2 Å². The van der Waals surface area contributed by atoms with E-state index in [-0.39, 0.29) is 18.3 Å². The first-order valence-electron chi connectivity index (χ1n) is 9.64. The van der Waals surface area contributed by atoms with Crippen molar-refractivity contribution in [1.82, 2.24) is 4.90 Å². The van der Waals surface area contributed by atoms with Crippen molar-refractivity contribution in [2.75, 3.05) is 44.8 Å². The fourth-order valence-electron chi connectivity index (χ4n) is 3.27. The van der Waals surface area contributed by atoms with Crippen LogP contribution in [0.2, 0.25) is 0 Å². The van der Waals surface area contributed by atoms with Crippen LogP contribution in [0.25, 0.3) is 0 Å². The molecule has 0 atom stereocenters. The van der Waals surface area contributed by atoms with Crippen LogP contribution in [0.5, 0.6) is 5.75 Å². The lowest BCUT2D eigenvalue weighted by Gasteiger charge is -2.36. The standard InChI is InChI=1S/C22H22BrFN2O5/c1-14(27)15-3-5-19(18(24)12-15)25-7-9-26(10-8-25)21(28)13-31-20-6-4-16(11-17(20)23)22(29)30-2/h3-6,11-12H,7-10,13H2,1-2H3. The van der Waals surface area contributed by atoms with Crippen LogP contribution in [0, 0.1) is 5.82 Å². The number of Topliss-reactive ketones (excluding diaryl/α,β-unsaturated/α-hetero) is 1. The Morgan fingerprint density at radius 2 is 1.71 bits per heavy atom. The topological polar surface area (TPSA) is 76.2 Å². The zero-order chi connectivity index (χ0) is 22.5. The third-order valence-electron chi connectivity index (χ3n) is 5.03. The van der Waals surface area contributed by atoms with Crippen molar-refractivity contribution in [2.24, 2.45) is 0 Å². The zero-order valence-corrected chi connectivity index (χ0v) is 18.8. The van der Waals surface area contributed by atoms with Gasteiger partial charge in [0, 0.05) is 31.7 Å². The first-order chi connectivity index (χ1) is 14.8. The first kappa shape index (κ1) is 22.7. The van der Waals surface area contributed by atoms with Crippen LogP contribution < -0.4 is 9.64 Å². The predicted molar refractivity (Wildman–Crippen MR) is 116 cm³/mol. The van der Waals surface area contributed by atoms with Crippen LogP contribution in [0.15, 0.2) is 40.9 Å². The van der Waals surface area contributed by atoms with Crippen LogP contribution in [0.3, 0.4) is 0 Å². The zero-order valence-electron chi connectivity index (χ0n) is 17.2. The number of benzene rings is 2. The summed E-state index contributed by atoms with van der Waals surface area (Å²) in [5, 5.41) is 0. The number of nitrogens with zero attached hydrogens (tertiary/aromatic N) is 2. The number of hydrogen-bond donors (Lipinski definition) is 0. The van der Waals surface area contributed by atoms with Gasteiger partial charge in [0.05, 0.1) is 22.8 Å². The van der Waals surface area contributed by atoms with E-state index in [0.717, 1.165) is 0 Å². The summed E-state index contributed by atoms with van der Waals surface area (Å²) in [4.78, 5) is 39.0. The SMILES string of the molecule is COC(=O)c1ccc(OCC(=O)N2CCN(c3ccc(C(C)=O)cc3F)CC2)c(Br)c1. The van der Waals surface area contributed by atoms with Crippen LogP contribution in [-0.2, 0) is 9.53 Å². The summed E-state index contributed by atoms with van der Waals surface area (Å²) in [6.45, 7) is 3.04. The van der Waals surface area contributed by atoms with E-state index in [1.165, 1.54) is 20.1 Å². The molecule has 1 aliphatic rings. The molecule has 0 aliphatic carbocycles. The molecule has 0 saturated carbocycles. The van der Waals surface area contributed by atoms with Crippen LogP contribution in [0.1, 0.15) is 27.6 Å². The van der Waals surface area contributed by atoms with E-state index in [0.29, 0.717) is 53.2 Å². The maximum atomic E-state index is 14.4. The smallest absolute Gasteiger partial charge is 0.337 e. The molecule has 0 aromatic heterocycles. The lowest BCUT2D eigenvalue weighted by atomic mass is 10.1. The van der Waals surface area contributed by atoms with Crippen molar-refractivity contribution in [3.63, 3.8) is 0 Å². The Morgan fingerprint density at radius 3 is 2.29 bits per heavy atom. The molecule has 1 fully saturated rings. The monoisotopic (exact) mass is 492 g/mol. The quantitative estimate of drug-likeness (QED) is 0.454. The summed E-state index contributed by atoms with van der Waals surface area (Å²) in [6.07, 6.45) is 0. The van der Waals surface area contributed by atoms with Gasteiger partial charge < -0.3 is 19.3 Å². The molecule has 2 aromatic rings. The molecular weight excluding hydrogens is 471 g/mol. The Labute approximate surface area is 187 Å². The second-order valence-corrected chi connectivity index (χ2v) is 7.87. The van der Waals surface area contributed by atoms with E-state index in [2.05, 4.69) is 20.7 Å². The fraction of sp³-hybridized carbons (Fsp3) is 0.318. The number of esters is 1. The maximum absolute atomic E-state index is 14.4. The van der Waals surface area contributed by atoms with Gasteiger partial charge in [-0.25, -0.2) is 9.18 Å². The summed E-state index contributed by atoms with van der Waals surface area (Å²) in [5.74, 6) is -0.847. The molecule has 1 aliphatic heterocycles. The summed E-state index contributed by atoms with van der Waals surface area (Å²) in [5.41, 5.74) is 1.12. The van der Waals surface area contributed by atoms with Crippen molar-refractivity contribution in [3.8, 4) is 5.75 Å². The maximum Gasteiger partial charge on any atom is 0.337 e. The van der Waals surface area contributed by atoms with E-state index < -0.39 is 11.8 Å². The number of methoxy groups -OCH3 is 1. The minimum absolute atomic E-state index is 0.155. The number of halogens is 2. The number of amides is 1. The van der Waals surface area contributed by atoms with Crippen molar-refractivity contribution in [1.29, 1.82) is 0 Å². The minimum Gasteiger partial charge on any atom is -0.483 e. The Kier molecular flexibility index (Phi) is 7.27. The number of ether oxygens (including phenoxy) is 2. The second-order valence-electron chi connectivity index (χ2n) is 7.02. The summed E-state index contributed by atoms with van der Waals surface area (Å²) >= 11 is 3.32. The molecule has 9 heteroatoms. The van der Waals surface area contributed by atoms with Crippen molar-refractivity contribution in [3.05, 3.63) is 57.8 Å². The highest BCUT2D eigenvalue weighted by Crippen LogP contribution is 2.27. The van der Waals surface area contributed by atoms with Crippen LogP contribution in [0.4, 0.5) is 10.1 Å². The number of rotatable bonds is 6. The normalized spacial score (nSPS) is 13.7. The lowest BCUT2D eigenvalue weighted by molar-refractivity contribution is -0.133. The lowest BCUT2D eigenvalue weighted by Crippen LogP contribution is -2.50. The highest BCUT2D eigenvalue weighted by molar-refractivity contribution is 9.10. The number of ketones is 1. The van der Waals surface area contributed by atoms with Gasteiger partial charge in [-0.2, -0.15) is 0 Å². The molecule has 164 valence electrons. The molecule has 1 amide bonds. The summed E-state index contributed by atoms with van der Waals surface area (Å²) < 4.78 is 25.2. The molecule has 3 rings (SSSR count). The third-order valence-corrected chi connectivity index (χ3v) is 5.65. The molecule has 0 radical (unpaired) electrons. The predicted octanol–water partition coefficient (Wildman–Crippen LogP) is 3.31. The van der Waals surface area contributed by atoms with Crippen LogP contribution in [-0.4, -0.2) is 62.5 Å². The highest BCUT2D eigenvalue weighted by atomic mass is 79.9. The second kappa shape index (κ2) is 9.91. The molecule has 1 heterocycles. The number of carbonyl (C=O) groups is 3. The van der Waals surface area contributed by atoms with Gasteiger partial charge in [0.1, 0.15) is 11.6 Å². The Bertz CT molecular complexity index is 1010. The molecule has 31 heavy (non-hydrogen) atoms. The van der Waals surface area contributed by atoms with Gasteiger partial charge in [-0.3, -0.25) is 9.59 Å². The fourth-order valence-corrected chi connectivity index (χ4v) is 3.77. The van der Waals surface area contributed by atoms with Gasteiger partial charge in [0.25, 0.3) is 5.91 Å². The number of piperazine rings is 1. The Morgan fingerprint density at radius 1 is 1.03 bits per heavy atom. The Hall–Kier alpha value is -2.94. The van der Waals surface area contributed by atoms with Gasteiger partial charge >= 0.3 is 5.97 Å². The van der Waals surface area contributed by atoms with Gasteiger partial charge in [-0.1, -0.05) is 0 Å². The minimum atomic E-state index is -0.464. The molecule has 0 N–H and O–H groups in total. The third kappa shape index (κ3) is 5.41. The highest BCUT2D eigenvalue weighted by Gasteiger charge is 2.23. The van der Waals surface area contributed by atoms with E-state index in [1.54, 1.807) is 35.2 Å². The Balaban J connectivity index is 1.54. The number of carbonyl (C=O) groups excluding carboxylic acids is 3. The van der Waals surface area contributed by atoms with E-state index >= 15 is 0 Å². The summed E-state index contributed by atoms with van der Waals surface area (Å²) in [7, 11) is 1.30. The van der Waals surface area contributed by atoms with Gasteiger partial charge in [0.2, 0.25) is 0 Å². The van der Waals surface area contributed by atoms with Crippen LogP contribution >= 0.6 is 15.9 Å². The summed E-state index contributed by atoms with van der Waals surface area (Å²) in [6, 6.07) is 9.16. The van der Waals surface area contributed by atoms with Gasteiger partial charge in [-0.05, 0) is 59.3 Å². The average molecular weight is 493 g/mol. The molecule has 0 spiro atoms. The van der Waals surface area contributed by atoms with E-state index in [4.69, 9.17) is 4.74 Å². The van der Waals surface area contributed by atoms with Gasteiger partial charge in [0.15, 0.2) is 12.4 Å². The molecule has 7 nitrogen and oxygen atoms in total. The largest absolute Gasteiger partial charge is 0.483 e. The van der Waals surface area contributed by atoms with Gasteiger partial charge in [-0.15, -0.1) is 0 Å². The van der Waals surface area contributed by atoms with Crippen molar-refractivity contribution >= 4 is 39.3 Å². The number of hydrogen-bond acceptors (Lipinski definition) is 6. The molecule has 0 bridgehead atoms. The number of anilines is 1. The van der Waals surface area contributed by atoms with E-state index in [1.807, 2.05) is 4.90 Å². The first-order valence-corrected chi connectivity index (χ1v) is 10.4.